The van der Waals surface area contributed by atoms with Crippen LogP contribution in [0.3, 0.4) is 0 Å². The van der Waals surface area contributed by atoms with Crippen molar-refractivity contribution in [1.82, 2.24) is 0 Å². The minimum Gasteiger partial charge on any atom is -0.476 e. The van der Waals surface area contributed by atoms with Crippen molar-refractivity contribution in [3.05, 3.63) is 12.2 Å². The Labute approximate surface area is 55.2 Å². The molecule has 1 aliphatic heterocycles. The SMILES string of the molecule is C/C=C\C1=NC(C)CO1. The van der Waals surface area contributed by atoms with Crippen molar-refractivity contribution in [3.8, 4) is 0 Å². The summed E-state index contributed by atoms with van der Waals surface area (Å²) in [7, 11) is 0. The van der Waals surface area contributed by atoms with Gasteiger partial charge < -0.3 is 4.74 Å². The predicted octanol–water partition coefficient (Wildman–Crippen LogP) is 1.38. The van der Waals surface area contributed by atoms with Gasteiger partial charge in [-0.1, -0.05) is 6.08 Å². The smallest absolute Gasteiger partial charge is 0.208 e. The first-order chi connectivity index (χ1) is 4.33. The standard InChI is InChI=1S/C7H11NO/c1-3-4-7-8-6(2)5-9-7/h3-4,6H,5H2,1-2H3/b4-3-. The number of allylic oxidation sites excluding steroid dienone is 1. The van der Waals surface area contributed by atoms with Gasteiger partial charge in [0.1, 0.15) is 6.61 Å². The van der Waals surface area contributed by atoms with E-state index in [0.29, 0.717) is 6.04 Å². The molecule has 9 heavy (non-hydrogen) atoms. The molecule has 0 saturated heterocycles. The maximum atomic E-state index is 5.17. The third-order valence-electron chi connectivity index (χ3n) is 1.13. The molecule has 0 spiro atoms. The second kappa shape index (κ2) is 2.67. The van der Waals surface area contributed by atoms with E-state index in [1.807, 2.05) is 26.0 Å². The van der Waals surface area contributed by atoms with Crippen molar-refractivity contribution in [2.75, 3.05) is 6.61 Å². The number of hydrogen-bond acceptors (Lipinski definition) is 2. The van der Waals surface area contributed by atoms with Gasteiger partial charge in [0.2, 0.25) is 5.90 Å². The second-order valence-electron chi connectivity index (χ2n) is 2.13. The summed E-state index contributed by atoms with van der Waals surface area (Å²) in [5, 5.41) is 0. The molecule has 0 aromatic rings. The first kappa shape index (κ1) is 6.33. The molecular weight excluding hydrogens is 114 g/mol. The first-order valence-electron chi connectivity index (χ1n) is 3.16. The lowest BCUT2D eigenvalue weighted by Gasteiger charge is -1.91. The van der Waals surface area contributed by atoms with Gasteiger partial charge in [0.05, 0.1) is 6.04 Å². The molecule has 1 heterocycles. The Kier molecular flexibility index (Phi) is 1.88. The third-order valence-corrected chi connectivity index (χ3v) is 1.13. The van der Waals surface area contributed by atoms with E-state index in [-0.39, 0.29) is 0 Å². The van der Waals surface area contributed by atoms with Crippen LogP contribution in [0.2, 0.25) is 0 Å². The lowest BCUT2D eigenvalue weighted by molar-refractivity contribution is 0.325. The molecule has 0 aromatic heterocycles. The number of ether oxygens (including phenoxy) is 1. The number of nitrogens with zero attached hydrogens (tertiary/aromatic N) is 1. The Morgan fingerprint density at radius 3 is 3.00 bits per heavy atom. The van der Waals surface area contributed by atoms with Crippen LogP contribution < -0.4 is 0 Å². The van der Waals surface area contributed by atoms with Gasteiger partial charge in [-0.25, -0.2) is 4.99 Å². The van der Waals surface area contributed by atoms with Crippen molar-refractivity contribution >= 4 is 5.90 Å². The van der Waals surface area contributed by atoms with Crippen LogP contribution in [-0.4, -0.2) is 18.5 Å². The molecular formula is C7H11NO. The van der Waals surface area contributed by atoms with E-state index in [9.17, 15) is 0 Å². The average Bonchev–Trinajstić information content (AvgIpc) is 2.17. The molecule has 2 nitrogen and oxygen atoms in total. The number of hydrogen-bond donors (Lipinski definition) is 0. The molecule has 1 atom stereocenters. The lowest BCUT2D eigenvalue weighted by atomic mass is 10.4. The highest BCUT2D eigenvalue weighted by Gasteiger charge is 2.09. The van der Waals surface area contributed by atoms with E-state index < -0.39 is 0 Å². The molecule has 2 heteroatoms. The Balaban J connectivity index is 2.52. The van der Waals surface area contributed by atoms with Gasteiger partial charge in [-0.2, -0.15) is 0 Å². The van der Waals surface area contributed by atoms with E-state index in [4.69, 9.17) is 4.74 Å². The van der Waals surface area contributed by atoms with Gasteiger partial charge >= 0.3 is 0 Å². The van der Waals surface area contributed by atoms with E-state index in [0.717, 1.165) is 12.5 Å². The molecule has 0 saturated carbocycles. The van der Waals surface area contributed by atoms with Gasteiger partial charge in [0.15, 0.2) is 0 Å². The van der Waals surface area contributed by atoms with Crippen LogP contribution in [-0.2, 0) is 4.74 Å². The number of rotatable bonds is 1. The van der Waals surface area contributed by atoms with Crippen LogP contribution in [0, 0.1) is 0 Å². The van der Waals surface area contributed by atoms with Crippen molar-refractivity contribution in [2.45, 2.75) is 19.9 Å². The topological polar surface area (TPSA) is 21.6 Å². The van der Waals surface area contributed by atoms with Crippen LogP contribution in [0.5, 0.6) is 0 Å². The van der Waals surface area contributed by atoms with Gasteiger partial charge in [-0.3, -0.25) is 0 Å². The molecule has 0 aliphatic carbocycles. The fourth-order valence-corrected chi connectivity index (χ4v) is 0.731. The second-order valence-corrected chi connectivity index (χ2v) is 2.13. The zero-order valence-electron chi connectivity index (χ0n) is 5.79. The molecule has 1 rings (SSSR count). The molecule has 50 valence electrons. The summed E-state index contributed by atoms with van der Waals surface area (Å²) in [6.07, 6.45) is 3.81. The van der Waals surface area contributed by atoms with Gasteiger partial charge in [0.25, 0.3) is 0 Å². The van der Waals surface area contributed by atoms with Crippen LogP contribution in [0.15, 0.2) is 17.1 Å². The minimum atomic E-state index is 0.344. The Hall–Kier alpha value is -0.790. The largest absolute Gasteiger partial charge is 0.476 e. The summed E-state index contributed by atoms with van der Waals surface area (Å²) in [4.78, 5) is 4.19. The molecule has 0 N–H and O–H groups in total. The maximum absolute atomic E-state index is 5.17. The van der Waals surface area contributed by atoms with Gasteiger partial charge in [-0.15, -0.1) is 0 Å². The summed E-state index contributed by atoms with van der Waals surface area (Å²) in [6, 6.07) is 0.344. The van der Waals surface area contributed by atoms with Gasteiger partial charge in [0, 0.05) is 0 Å². The van der Waals surface area contributed by atoms with E-state index >= 15 is 0 Å². The monoisotopic (exact) mass is 125 g/mol. The van der Waals surface area contributed by atoms with Crippen molar-refractivity contribution in [2.24, 2.45) is 4.99 Å². The van der Waals surface area contributed by atoms with E-state index in [1.165, 1.54) is 0 Å². The fraction of sp³-hybridized carbons (Fsp3) is 0.571. The van der Waals surface area contributed by atoms with Crippen molar-refractivity contribution in [3.63, 3.8) is 0 Å². The summed E-state index contributed by atoms with van der Waals surface area (Å²) >= 11 is 0. The molecule has 1 unspecified atom stereocenters. The maximum Gasteiger partial charge on any atom is 0.208 e. The van der Waals surface area contributed by atoms with E-state index in [2.05, 4.69) is 4.99 Å². The molecule has 0 aromatic carbocycles. The average molecular weight is 125 g/mol. The highest BCUT2D eigenvalue weighted by Crippen LogP contribution is 2.03. The Morgan fingerprint density at radius 2 is 2.56 bits per heavy atom. The Morgan fingerprint density at radius 1 is 1.78 bits per heavy atom. The molecule has 0 fully saturated rings. The van der Waals surface area contributed by atoms with Crippen LogP contribution in [0.25, 0.3) is 0 Å². The van der Waals surface area contributed by atoms with Crippen LogP contribution in [0.1, 0.15) is 13.8 Å². The van der Waals surface area contributed by atoms with Crippen LogP contribution in [0.4, 0.5) is 0 Å². The molecule has 1 aliphatic rings. The fourth-order valence-electron chi connectivity index (χ4n) is 0.731. The molecule has 0 amide bonds. The molecule has 0 bridgehead atoms. The molecule has 0 radical (unpaired) electrons. The van der Waals surface area contributed by atoms with Crippen LogP contribution >= 0.6 is 0 Å². The van der Waals surface area contributed by atoms with E-state index in [1.54, 1.807) is 0 Å². The number of aliphatic imine (C=N–C) groups is 1. The van der Waals surface area contributed by atoms with Crippen molar-refractivity contribution in [1.29, 1.82) is 0 Å². The zero-order chi connectivity index (χ0) is 6.69. The first-order valence-corrected chi connectivity index (χ1v) is 3.16. The predicted molar refractivity (Wildman–Crippen MR) is 37.7 cm³/mol. The zero-order valence-corrected chi connectivity index (χ0v) is 5.79. The third kappa shape index (κ3) is 1.56. The minimum absolute atomic E-state index is 0.344. The van der Waals surface area contributed by atoms with Crippen molar-refractivity contribution < 1.29 is 4.74 Å². The summed E-state index contributed by atoms with van der Waals surface area (Å²) in [6.45, 7) is 4.73. The summed E-state index contributed by atoms with van der Waals surface area (Å²) < 4.78 is 5.17. The highest BCUT2D eigenvalue weighted by molar-refractivity contribution is 5.88. The quantitative estimate of drug-likeness (QED) is 0.518. The van der Waals surface area contributed by atoms with Gasteiger partial charge in [-0.05, 0) is 19.9 Å². The summed E-state index contributed by atoms with van der Waals surface area (Å²) in [5.41, 5.74) is 0. The highest BCUT2D eigenvalue weighted by atomic mass is 16.5. The Bertz CT molecular complexity index is 149. The lowest BCUT2D eigenvalue weighted by Crippen LogP contribution is -1.98. The normalized spacial score (nSPS) is 26.4. The summed E-state index contributed by atoms with van der Waals surface area (Å²) in [5.74, 6) is 0.769.